The Bertz CT molecular complexity index is 109. The third kappa shape index (κ3) is 9.49. The summed E-state index contributed by atoms with van der Waals surface area (Å²) in [6.07, 6.45) is -3.30. The molecule has 0 aromatic rings. The van der Waals surface area contributed by atoms with Crippen molar-refractivity contribution in [2.24, 2.45) is 0 Å². The zero-order valence-corrected chi connectivity index (χ0v) is 6.16. The highest BCUT2D eigenvalue weighted by atomic mass is 19.4. The van der Waals surface area contributed by atoms with Crippen molar-refractivity contribution in [1.29, 1.82) is 0 Å². The summed E-state index contributed by atoms with van der Waals surface area (Å²) >= 11 is 0. The molecule has 0 amide bonds. The number of hydrogen-bond acceptors (Lipinski definition) is 1. The molecule has 0 bridgehead atoms. The predicted molar refractivity (Wildman–Crippen MR) is 36.3 cm³/mol. The van der Waals surface area contributed by atoms with Crippen LogP contribution in [0.3, 0.4) is 0 Å². The Balaban J connectivity index is 3.08. The lowest BCUT2D eigenvalue weighted by molar-refractivity contribution is -0.137. The molecule has 0 spiro atoms. The van der Waals surface area contributed by atoms with E-state index < -0.39 is 12.6 Å². The van der Waals surface area contributed by atoms with Crippen LogP contribution in [-0.2, 0) is 4.74 Å². The Labute approximate surface area is 63.8 Å². The van der Waals surface area contributed by atoms with Gasteiger partial charge in [0.2, 0.25) is 0 Å². The van der Waals surface area contributed by atoms with Crippen molar-refractivity contribution in [2.75, 3.05) is 13.2 Å². The van der Waals surface area contributed by atoms with E-state index in [1.165, 1.54) is 6.08 Å². The Morgan fingerprint density at radius 1 is 1.36 bits per heavy atom. The molecule has 66 valence electrons. The second-order valence-corrected chi connectivity index (χ2v) is 2.08. The zero-order chi connectivity index (χ0) is 8.74. The molecular formula is C7H11F3O. The van der Waals surface area contributed by atoms with Crippen LogP contribution in [0.2, 0.25) is 0 Å². The normalized spacial score (nSPS) is 11.5. The molecule has 0 atom stereocenters. The Morgan fingerprint density at radius 2 is 2.00 bits per heavy atom. The topological polar surface area (TPSA) is 9.23 Å². The zero-order valence-electron chi connectivity index (χ0n) is 6.16. The van der Waals surface area contributed by atoms with E-state index in [1.54, 1.807) is 0 Å². The quantitative estimate of drug-likeness (QED) is 0.452. The van der Waals surface area contributed by atoms with E-state index in [4.69, 9.17) is 4.74 Å². The summed E-state index contributed by atoms with van der Waals surface area (Å²) in [4.78, 5) is 0. The van der Waals surface area contributed by atoms with Crippen LogP contribution in [-0.4, -0.2) is 19.4 Å². The predicted octanol–water partition coefficient (Wildman–Crippen LogP) is 2.53. The van der Waals surface area contributed by atoms with Crippen LogP contribution >= 0.6 is 0 Å². The van der Waals surface area contributed by atoms with E-state index in [1.807, 2.05) is 0 Å². The summed E-state index contributed by atoms with van der Waals surface area (Å²) in [5, 5.41) is 0. The van der Waals surface area contributed by atoms with Crippen LogP contribution < -0.4 is 0 Å². The van der Waals surface area contributed by atoms with Gasteiger partial charge in [0.05, 0.1) is 6.61 Å². The van der Waals surface area contributed by atoms with Gasteiger partial charge in [0.1, 0.15) is 0 Å². The molecule has 0 unspecified atom stereocenters. The van der Waals surface area contributed by atoms with Gasteiger partial charge in [-0.15, -0.1) is 6.58 Å². The van der Waals surface area contributed by atoms with Gasteiger partial charge in [-0.2, -0.15) is 13.2 Å². The maximum atomic E-state index is 11.5. The van der Waals surface area contributed by atoms with Crippen LogP contribution in [0, 0.1) is 0 Å². The van der Waals surface area contributed by atoms with Crippen LogP contribution in [0.25, 0.3) is 0 Å². The van der Waals surface area contributed by atoms with Crippen LogP contribution in [0.4, 0.5) is 13.2 Å². The first kappa shape index (κ1) is 10.5. The molecule has 0 rings (SSSR count). The SMILES string of the molecule is C=CCOCCCC(F)(F)F. The van der Waals surface area contributed by atoms with E-state index in [2.05, 4.69) is 6.58 Å². The van der Waals surface area contributed by atoms with Gasteiger partial charge in [0, 0.05) is 13.0 Å². The molecule has 0 saturated heterocycles. The highest BCUT2D eigenvalue weighted by Gasteiger charge is 2.25. The van der Waals surface area contributed by atoms with Crippen molar-refractivity contribution in [3.05, 3.63) is 12.7 Å². The lowest BCUT2D eigenvalue weighted by Gasteiger charge is -2.04. The summed E-state index contributed by atoms with van der Waals surface area (Å²) in [6, 6.07) is 0. The molecule has 0 heterocycles. The average molecular weight is 168 g/mol. The van der Waals surface area contributed by atoms with Gasteiger partial charge in [0.25, 0.3) is 0 Å². The van der Waals surface area contributed by atoms with Crippen molar-refractivity contribution in [3.8, 4) is 0 Å². The molecule has 0 radical (unpaired) electrons. The van der Waals surface area contributed by atoms with Crippen molar-refractivity contribution in [2.45, 2.75) is 19.0 Å². The molecule has 1 nitrogen and oxygen atoms in total. The van der Waals surface area contributed by atoms with Crippen molar-refractivity contribution in [1.82, 2.24) is 0 Å². The van der Waals surface area contributed by atoms with Gasteiger partial charge in [-0.05, 0) is 6.42 Å². The van der Waals surface area contributed by atoms with E-state index in [9.17, 15) is 13.2 Å². The van der Waals surface area contributed by atoms with Crippen molar-refractivity contribution < 1.29 is 17.9 Å². The molecule has 0 aliphatic carbocycles. The molecule has 11 heavy (non-hydrogen) atoms. The maximum absolute atomic E-state index is 11.5. The molecule has 4 heteroatoms. The van der Waals surface area contributed by atoms with Gasteiger partial charge in [-0.3, -0.25) is 0 Å². The largest absolute Gasteiger partial charge is 0.389 e. The van der Waals surface area contributed by atoms with E-state index in [0.717, 1.165) is 0 Å². The first-order valence-electron chi connectivity index (χ1n) is 3.31. The fourth-order valence-corrected chi connectivity index (χ4v) is 0.541. The number of ether oxygens (including phenoxy) is 1. The van der Waals surface area contributed by atoms with Crippen molar-refractivity contribution >= 4 is 0 Å². The lowest BCUT2D eigenvalue weighted by Crippen LogP contribution is -2.08. The minimum Gasteiger partial charge on any atom is -0.377 e. The summed E-state index contributed by atoms with van der Waals surface area (Å²) in [7, 11) is 0. The first-order chi connectivity index (χ1) is 5.06. The molecule has 0 aromatic heterocycles. The standard InChI is InChI=1S/C7H11F3O/c1-2-5-11-6-3-4-7(8,9)10/h2H,1,3-6H2. The number of alkyl halides is 3. The molecule has 0 aromatic carbocycles. The summed E-state index contributed by atoms with van der Waals surface area (Å²) in [5.41, 5.74) is 0. The maximum Gasteiger partial charge on any atom is 0.389 e. The van der Waals surface area contributed by atoms with Gasteiger partial charge >= 0.3 is 6.18 Å². The van der Waals surface area contributed by atoms with Crippen LogP contribution in [0.15, 0.2) is 12.7 Å². The smallest absolute Gasteiger partial charge is 0.377 e. The summed E-state index contributed by atoms with van der Waals surface area (Å²) < 4.78 is 39.2. The second-order valence-electron chi connectivity index (χ2n) is 2.08. The lowest BCUT2D eigenvalue weighted by atomic mass is 10.3. The van der Waals surface area contributed by atoms with Crippen LogP contribution in [0.1, 0.15) is 12.8 Å². The van der Waals surface area contributed by atoms with Gasteiger partial charge in [-0.1, -0.05) is 6.08 Å². The van der Waals surface area contributed by atoms with Crippen LogP contribution in [0.5, 0.6) is 0 Å². The molecule has 0 N–H and O–H groups in total. The molecular weight excluding hydrogens is 157 g/mol. The summed E-state index contributed by atoms with van der Waals surface area (Å²) in [5.74, 6) is 0. The highest BCUT2D eigenvalue weighted by Crippen LogP contribution is 2.20. The van der Waals surface area contributed by atoms with E-state index in [-0.39, 0.29) is 13.0 Å². The van der Waals surface area contributed by atoms with Gasteiger partial charge < -0.3 is 4.74 Å². The van der Waals surface area contributed by atoms with Crippen molar-refractivity contribution in [3.63, 3.8) is 0 Å². The first-order valence-corrected chi connectivity index (χ1v) is 3.31. The molecule has 0 aliphatic heterocycles. The average Bonchev–Trinajstić information content (AvgIpc) is 1.85. The monoisotopic (exact) mass is 168 g/mol. The number of halogens is 3. The molecule has 0 aliphatic rings. The summed E-state index contributed by atoms with van der Waals surface area (Å²) in [6.45, 7) is 3.82. The Kier molecular flexibility index (Phi) is 4.94. The minimum atomic E-state index is -4.06. The highest BCUT2D eigenvalue weighted by molar-refractivity contribution is 4.63. The van der Waals surface area contributed by atoms with Gasteiger partial charge in [-0.25, -0.2) is 0 Å². The third-order valence-corrected chi connectivity index (χ3v) is 0.985. The number of hydrogen-bond donors (Lipinski definition) is 0. The second kappa shape index (κ2) is 5.18. The van der Waals surface area contributed by atoms with E-state index in [0.29, 0.717) is 6.61 Å². The molecule has 0 saturated carbocycles. The number of rotatable bonds is 5. The Hall–Kier alpha value is -0.510. The Morgan fingerprint density at radius 3 is 2.45 bits per heavy atom. The molecule has 0 fully saturated rings. The van der Waals surface area contributed by atoms with Gasteiger partial charge in [0.15, 0.2) is 0 Å². The third-order valence-electron chi connectivity index (χ3n) is 0.985. The van der Waals surface area contributed by atoms with E-state index >= 15 is 0 Å². The fourth-order valence-electron chi connectivity index (χ4n) is 0.541. The minimum absolute atomic E-state index is 0.0251. The fraction of sp³-hybridized carbons (Fsp3) is 0.714.